The molecule has 0 saturated heterocycles. The Labute approximate surface area is 129 Å². The molecule has 0 spiro atoms. The maximum absolute atomic E-state index is 11.7. The molecule has 8 heteroatoms. The molecule has 122 valence electrons. The Kier molecular flexibility index (Phi) is 5.36. The van der Waals surface area contributed by atoms with Crippen LogP contribution < -0.4 is 9.46 Å². The molecule has 0 aromatic heterocycles. The van der Waals surface area contributed by atoms with E-state index in [4.69, 9.17) is 4.74 Å². The average molecular weight is 328 g/mol. The Balaban J connectivity index is 2.29. The molecule has 1 fully saturated rings. The molecule has 0 aliphatic heterocycles. The summed E-state index contributed by atoms with van der Waals surface area (Å²) in [6.07, 6.45) is 6.09. The smallest absolute Gasteiger partial charge is 0.312 e. The topological polar surface area (TPSA) is 98.5 Å². The minimum absolute atomic E-state index is 0.0482. The Hall–Kier alpha value is -1.67. The number of rotatable bonds is 5. The number of nitrogens with zero attached hydrogens (tertiary/aromatic N) is 1. The zero-order valence-electron chi connectivity index (χ0n) is 12.4. The quantitative estimate of drug-likeness (QED) is 0.509. The average Bonchev–Trinajstić information content (AvgIpc) is 2.76. The van der Waals surface area contributed by atoms with Crippen LogP contribution in [0.4, 0.5) is 5.69 Å². The molecule has 0 atom stereocenters. The molecule has 1 saturated carbocycles. The summed E-state index contributed by atoms with van der Waals surface area (Å²) in [7, 11) is -2.46. The van der Waals surface area contributed by atoms with Crippen LogP contribution in [0.1, 0.15) is 38.5 Å². The van der Waals surface area contributed by atoms with Crippen molar-refractivity contribution >= 4 is 15.7 Å². The van der Waals surface area contributed by atoms with Crippen molar-refractivity contribution in [1.29, 1.82) is 0 Å². The normalized spacial score (nSPS) is 17.0. The largest absolute Gasteiger partial charge is 0.484 e. The number of nitrogens with one attached hydrogen (secondary N) is 1. The molecular weight excluding hydrogens is 308 g/mol. The Morgan fingerprint density at radius 1 is 1.23 bits per heavy atom. The molecule has 1 aromatic rings. The summed E-state index contributed by atoms with van der Waals surface area (Å²) in [4.78, 5) is 10.5. The molecule has 0 bridgehead atoms. The predicted molar refractivity (Wildman–Crippen MR) is 81.5 cm³/mol. The van der Waals surface area contributed by atoms with Gasteiger partial charge in [0.2, 0.25) is 10.0 Å². The number of hydrogen-bond acceptors (Lipinski definition) is 5. The summed E-state index contributed by atoms with van der Waals surface area (Å²) >= 11 is 0. The van der Waals surface area contributed by atoms with Crippen LogP contribution >= 0.6 is 0 Å². The van der Waals surface area contributed by atoms with Crippen LogP contribution in [-0.4, -0.2) is 26.5 Å². The van der Waals surface area contributed by atoms with Gasteiger partial charge in [-0.25, -0.2) is 13.1 Å². The van der Waals surface area contributed by atoms with Crippen LogP contribution in [0.2, 0.25) is 0 Å². The van der Waals surface area contributed by atoms with Gasteiger partial charge in [-0.3, -0.25) is 10.1 Å². The Bertz CT molecular complexity index is 637. The summed E-state index contributed by atoms with van der Waals surface area (Å²) in [5.74, 6) is 0.131. The van der Waals surface area contributed by atoms with Crippen molar-refractivity contribution in [2.45, 2.75) is 49.5 Å². The minimum Gasteiger partial charge on any atom is -0.484 e. The fourth-order valence-corrected chi connectivity index (χ4v) is 3.31. The van der Waals surface area contributed by atoms with Crippen molar-refractivity contribution in [3.8, 4) is 5.75 Å². The van der Waals surface area contributed by atoms with Gasteiger partial charge in [-0.1, -0.05) is 12.8 Å². The number of nitro benzene ring substituents is 1. The van der Waals surface area contributed by atoms with Gasteiger partial charge in [0, 0.05) is 6.07 Å². The van der Waals surface area contributed by atoms with Crippen LogP contribution in [0, 0.1) is 10.1 Å². The lowest BCUT2D eigenvalue weighted by atomic mass is 10.1. The zero-order valence-corrected chi connectivity index (χ0v) is 13.3. The van der Waals surface area contributed by atoms with Gasteiger partial charge in [0.15, 0.2) is 5.75 Å². The molecule has 0 amide bonds. The van der Waals surface area contributed by atoms with Crippen LogP contribution in [0.5, 0.6) is 5.75 Å². The second-order valence-corrected chi connectivity index (χ2v) is 7.21. The van der Waals surface area contributed by atoms with Crippen LogP contribution in [0.15, 0.2) is 23.1 Å². The zero-order chi connectivity index (χ0) is 16.2. The molecule has 1 aliphatic rings. The van der Waals surface area contributed by atoms with Crippen molar-refractivity contribution in [2.75, 3.05) is 7.05 Å². The molecule has 22 heavy (non-hydrogen) atoms. The van der Waals surface area contributed by atoms with E-state index in [9.17, 15) is 18.5 Å². The van der Waals surface area contributed by atoms with Gasteiger partial charge < -0.3 is 4.74 Å². The van der Waals surface area contributed by atoms with Gasteiger partial charge in [-0.2, -0.15) is 0 Å². The highest BCUT2D eigenvalue weighted by atomic mass is 32.2. The van der Waals surface area contributed by atoms with E-state index in [-0.39, 0.29) is 22.4 Å². The number of nitro groups is 1. The molecular formula is C14H20N2O5S. The molecule has 7 nitrogen and oxygen atoms in total. The monoisotopic (exact) mass is 328 g/mol. The van der Waals surface area contributed by atoms with Crippen LogP contribution in [0.3, 0.4) is 0 Å². The second kappa shape index (κ2) is 7.06. The SMILES string of the molecule is CNS(=O)(=O)c1ccc(OC2CCCCCC2)c([N+](=O)[O-])c1. The van der Waals surface area contributed by atoms with E-state index in [1.807, 2.05) is 0 Å². The predicted octanol–water partition coefficient (Wildman–Crippen LogP) is 2.60. The first kappa shape index (κ1) is 16.7. The Morgan fingerprint density at radius 2 is 1.86 bits per heavy atom. The van der Waals surface area contributed by atoms with Crippen molar-refractivity contribution in [1.82, 2.24) is 4.72 Å². The van der Waals surface area contributed by atoms with E-state index < -0.39 is 14.9 Å². The maximum atomic E-state index is 11.7. The van der Waals surface area contributed by atoms with Gasteiger partial charge in [-0.15, -0.1) is 0 Å². The van der Waals surface area contributed by atoms with Gasteiger partial charge in [0.1, 0.15) is 0 Å². The van der Waals surface area contributed by atoms with Crippen LogP contribution in [-0.2, 0) is 10.0 Å². The lowest BCUT2D eigenvalue weighted by Crippen LogP contribution is -2.19. The highest BCUT2D eigenvalue weighted by Gasteiger charge is 2.24. The highest BCUT2D eigenvalue weighted by molar-refractivity contribution is 7.89. The van der Waals surface area contributed by atoms with Gasteiger partial charge in [0.05, 0.1) is 15.9 Å². The summed E-state index contributed by atoms with van der Waals surface area (Å²) in [5, 5.41) is 11.2. The fraction of sp³-hybridized carbons (Fsp3) is 0.571. The number of hydrogen-bond donors (Lipinski definition) is 1. The van der Waals surface area contributed by atoms with E-state index in [0.717, 1.165) is 44.6 Å². The third kappa shape index (κ3) is 3.95. The van der Waals surface area contributed by atoms with Crippen molar-refractivity contribution in [3.05, 3.63) is 28.3 Å². The third-order valence-electron chi connectivity index (χ3n) is 3.80. The van der Waals surface area contributed by atoms with E-state index in [2.05, 4.69) is 4.72 Å². The molecule has 0 heterocycles. The molecule has 2 rings (SSSR count). The van der Waals surface area contributed by atoms with E-state index in [1.165, 1.54) is 19.2 Å². The lowest BCUT2D eigenvalue weighted by molar-refractivity contribution is -0.386. The van der Waals surface area contributed by atoms with E-state index in [0.29, 0.717) is 0 Å². The van der Waals surface area contributed by atoms with Gasteiger partial charge >= 0.3 is 5.69 Å². The Morgan fingerprint density at radius 3 is 2.41 bits per heavy atom. The van der Waals surface area contributed by atoms with Crippen molar-refractivity contribution in [3.63, 3.8) is 0 Å². The van der Waals surface area contributed by atoms with E-state index >= 15 is 0 Å². The number of benzene rings is 1. The molecule has 1 N–H and O–H groups in total. The minimum atomic E-state index is -3.72. The molecule has 0 unspecified atom stereocenters. The fourth-order valence-electron chi connectivity index (χ4n) is 2.56. The maximum Gasteiger partial charge on any atom is 0.312 e. The number of sulfonamides is 1. The third-order valence-corrected chi connectivity index (χ3v) is 5.21. The van der Waals surface area contributed by atoms with E-state index in [1.54, 1.807) is 0 Å². The summed E-state index contributed by atoms with van der Waals surface area (Å²) in [5.41, 5.74) is -0.319. The van der Waals surface area contributed by atoms with Gasteiger partial charge in [-0.05, 0) is 44.9 Å². The number of ether oxygens (including phenoxy) is 1. The summed E-state index contributed by atoms with van der Waals surface area (Å²) in [6, 6.07) is 3.73. The van der Waals surface area contributed by atoms with Gasteiger partial charge in [0.25, 0.3) is 0 Å². The molecule has 0 radical (unpaired) electrons. The summed E-state index contributed by atoms with van der Waals surface area (Å²) < 4.78 is 31.4. The standard InChI is InChI=1S/C14H20N2O5S/c1-15-22(19,20)12-8-9-14(13(10-12)16(17)18)21-11-6-4-2-3-5-7-11/h8-11,15H,2-7H2,1H3. The van der Waals surface area contributed by atoms with Crippen molar-refractivity contribution in [2.24, 2.45) is 0 Å². The first-order valence-electron chi connectivity index (χ1n) is 7.32. The lowest BCUT2D eigenvalue weighted by Gasteiger charge is -2.17. The van der Waals surface area contributed by atoms with Crippen molar-refractivity contribution < 1.29 is 18.1 Å². The van der Waals surface area contributed by atoms with Crippen LogP contribution in [0.25, 0.3) is 0 Å². The molecule has 1 aliphatic carbocycles. The summed E-state index contributed by atoms with van der Waals surface area (Å²) in [6.45, 7) is 0. The molecule has 1 aromatic carbocycles. The first-order valence-corrected chi connectivity index (χ1v) is 8.81. The second-order valence-electron chi connectivity index (χ2n) is 5.33. The first-order chi connectivity index (χ1) is 10.4. The highest BCUT2D eigenvalue weighted by Crippen LogP contribution is 2.32.